The Morgan fingerprint density at radius 3 is 1.80 bits per heavy atom. The van der Waals surface area contributed by atoms with E-state index in [9.17, 15) is 4.79 Å². The Kier molecular flexibility index (Phi) is 12.9. The highest BCUT2D eigenvalue weighted by atomic mass is 16.5. The third-order valence-electron chi connectivity index (χ3n) is 1.54. The van der Waals surface area contributed by atoms with E-state index >= 15 is 0 Å². The van der Waals surface area contributed by atoms with Crippen molar-refractivity contribution in [3.05, 3.63) is 0 Å². The van der Waals surface area contributed by atoms with E-state index in [1.807, 2.05) is 27.7 Å². The Morgan fingerprint density at radius 1 is 1.13 bits per heavy atom. The molecule has 0 atom stereocenters. The van der Waals surface area contributed by atoms with Gasteiger partial charge in [-0.25, -0.2) is 0 Å². The van der Waals surface area contributed by atoms with Crippen molar-refractivity contribution in [1.82, 2.24) is 0 Å². The van der Waals surface area contributed by atoms with Crippen molar-refractivity contribution in [2.45, 2.75) is 72.5 Å². The minimum atomic E-state index is -0.682. The van der Waals surface area contributed by atoms with Gasteiger partial charge in [0.15, 0.2) is 0 Å². The van der Waals surface area contributed by atoms with Crippen LogP contribution in [0.15, 0.2) is 0 Å². The van der Waals surface area contributed by atoms with E-state index in [2.05, 4.69) is 6.92 Å². The average molecular weight is 218 g/mol. The number of unbranched alkanes of at least 4 members (excludes halogenated alkanes) is 2. The van der Waals surface area contributed by atoms with Crippen LogP contribution in [-0.4, -0.2) is 23.3 Å². The summed E-state index contributed by atoms with van der Waals surface area (Å²) in [5.41, 5.74) is 0. The van der Waals surface area contributed by atoms with Crippen molar-refractivity contribution in [3.63, 3.8) is 0 Å². The van der Waals surface area contributed by atoms with Crippen LogP contribution < -0.4 is 0 Å². The highest BCUT2D eigenvalue weighted by Gasteiger charge is 1.94. The Labute approximate surface area is 93.8 Å². The molecule has 3 nitrogen and oxygen atoms in total. The summed E-state index contributed by atoms with van der Waals surface area (Å²) >= 11 is 0. The van der Waals surface area contributed by atoms with Crippen LogP contribution in [0, 0.1) is 0 Å². The number of ether oxygens (including phenoxy) is 1. The van der Waals surface area contributed by atoms with Gasteiger partial charge in [-0.2, -0.15) is 0 Å². The van der Waals surface area contributed by atoms with Crippen molar-refractivity contribution in [3.8, 4) is 0 Å². The molecule has 0 fully saturated rings. The number of aliphatic carboxylic acids is 1. The van der Waals surface area contributed by atoms with Crippen molar-refractivity contribution in [1.29, 1.82) is 0 Å². The van der Waals surface area contributed by atoms with E-state index in [0.29, 0.717) is 18.6 Å². The van der Waals surface area contributed by atoms with Gasteiger partial charge in [-0.05, 0) is 34.1 Å². The van der Waals surface area contributed by atoms with Gasteiger partial charge in [0.1, 0.15) is 0 Å². The van der Waals surface area contributed by atoms with E-state index in [-0.39, 0.29) is 0 Å². The van der Waals surface area contributed by atoms with Crippen LogP contribution in [0.1, 0.15) is 60.3 Å². The SMILES string of the molecule is CC(C)OC(C)C.CCCCCC(=O)O. The molecule has 92 valence electrons. The summed E-state index contributed by atoms with van der Waals surface area (Å²) in [7, 11) is 0. The number of hydrogen-bond donors (Lipinski definition) is 1. The first-order chi connectivity index (χ1) is 6.90. The zero-order valence-electron chi connectivity index (χ0n) is 10.7. The first-order valence-corrected chi connectivity index (χ1v) is 5.77. The highest BCUT2D eigenvalue weighted by Crippen LogP contribution is 1.97. The number of carboxylic acids is 1. The van der Waals surface area contributed by atoms with Gasteiger partial charge in [-0.1, -0.05) is 19.8 Å². The first kappa shape index (κ1) is 16.8. The van der Waals surface area contributed by atoms with Gasteiger partial charge in [0, 0.05) is 6.42 Å². The van der Waals surface area contributed by atoms with Crippen LogP contribution in [0.2, 0.25) is 0 Å². The van der Waals surface area contributed by atoms with E-state index in [0.717, 1.165) is 19.3 Å². The fourth-order valence-corrected chi connectivity index (χ4v) is 1.07. The van der Waals surface area contributed by atoms with Crippen LogP contribution in [0.4, 0.5) is 0 Å². The van der Waals surface area contributed by atoms with Gasteiger partial charge in [-0.15, -0.1) is 0 Å². The Morgan fingerprint density at radius 2 is 1.60 bits per heavy atom. The summed E-state index contributed by atoms with van der Waals surface area (Å²) in [4.78, 5) is 9.87. The van der Waals surface area contributed by atoms with E-state index in [4.69, 9.17) is 9.84 Å². The maximum atomic E-state index is 9.87. The molecule has 0 aliphatic carbocycles. The molecule has 0 aromatic rings. The molecule has 15 heavy (non-hydrogen) atoms. The smallest absolute Gasteiger partial charge is 0.303 e. The molecule has 0 bridgehead atoms. The lowest BCUT2D eigenvalue weighted by Gasteiger charge is -2.09. The maximum Gasteiger partial charge on any atom is 0.303 e. The molecule has 0 saturated heterocycles. The number of carboxylic acid groups (broad SMARTS) is 1. The quantitative estimate of drug-likeness (QED) is 0.694. The third-order valence-corrected chi connectivity index (χ3v) is 1.54. The molecule has 0 rings (SSSR count). The third kappa shape index (κ3) is 24.7. The fourth-order valence-electron chi connectivity index (χ4n) is 1.07. The predicted molar refractivity (Wildman–Crippen MR) is 63.1 cm³/mol. The summed E-state index contributed by atoms with van der Waals surface area (Å²) < 4.78 is 5.25. The van der Waals surface area contributed by atoms with Crippen LogP contribution in [-0.2, 0) is 9.53 Å². The van der Waals surface area contributed by atoms with Gasteiger partial charge in [0.2, 0.25) is 0 Å². The molecule has 0 aliphatic heterocycles. The van der Waals surface area contributed by atoms with Gasteiger partial charge in [-0.3, -0.25) is 4.79 Å². The molecule has 1 N–H and O–H groups in total. The second kappa shape index (κ2) is 11.5. The van der Waals surface area contributed by atoms with Crippen LogP contribution >= 0.6 is 0 Å². The van der Waals surface area contributed by atoms with E-state index < -0.39 is 5.97 Å². The topological polar surface area (TPSA) is 46.5 Å². The summed E-state index contributed by atoms with van der Waals surface area (Å²) in [5.74, 6) is -0.682. The van der Waals surface area contributed by atoms with Crippen LogP contribution in [0.25, 0.3) is 0 Å². The monoisotopic (exact) mass is 218 g/mol. The Balaban J connectivity index is 0. The molecular formula is C12H26O3. The number of hydrogen-bond acceptors (Lipinski definition) is 2. The van der Waals surface area contributed by atoms with Crippen molar-refractivity contribution in [2.24, 2.45) is 0 Å². The highest BCUT2D eigenvalue weighted by molar-refractivity contribution is 5.66. The largest absolute Gasteiger partial charge is 0.481 e. The van der Waals surface area contributed by atoms with Crippen molar-refractivity contribution in [2.75, 3.05) is 0 Å². The predicted octanol–water partition coefficient (Wildman–Crippen LogP) is 3.47. The van der Waals surface area contributed by atoms with Gasteiger partial charge in [0.25, 0.3) is 0 Å². The molecule has 0 amide bonds. The lowest BCUT2D eigenvalue weighted by molar-refractivity contribution is -0.137. The minimum absolute atomic E-state index is 0.327. The van der Waals surface area contributed by atoms with Gasteiger partial charge < -0.3 is 9.84 Å². The Hall–Kier alpha value is -0.570. The normalized spacial score (nSPS) is 10.1. The summed E-state index contributed by atoms with van der Waals surface area (Å²) in [6.45, 7) is 10.2. The van der Waals surface area contributed by atoms with Crippen LogP contribution in [0.3, 0.4) is 0 Å². The number of rotatable bonds is 6. The molecule has 0 spiro atoms. The van der Waals surface area contributed by atoms with Crippen molar-refractivity contribution < 1.29 is 14.6 Å². The maximum absolute atomic E-state index is 9.87. The molecular weight excluding hydrogens is 192 g/mol. The van der Waals surface area contributed by atoms with Gasteiger partial charge in [0.05, 0.1) is 12.2 Å². The zero-order chi connectivity index (χ0) is 12.3. The fraction of sp³-hybridized carbons (Fsp3) is 0.917. The van der Waals surface area contributed by atoms with Crippen molar-refractivity contribution >= 4 is 5.97 Å². The minimum Gasteiger partial charge on any atom is -0.481 e. The molecule has 0 aliphatic rings. The Bertz CT molecular complexity index is 136. The van der Waals surface area contributed by atoms with E-state index in [1.165, 1.54) is 0 Å². The van der Waals surface area contributed by atoms with E-state index in [1.54, 1.807) is 0 Å². The lowest BCUT2D eigenvalue weighted by Crippen LogP contribution is -2.09. The van der Waals surface area contributed by atoms with Crippen LogP contribution in [0.5, 0.6) is 0 Å². The zero-order valence-corrected chi connectivity index (χ0v) is 10.7. The average Bonchev–Trinajstić information content (AvgIpc) is 2.02. The first-order valence-electron chi connectivity index (χ1n) is 5.77. The number of carbonyl (C=O) groups is 1. The second-order valence-electron chi connectivity index (χ2n) is 4.08. The molecule has 0 unspecified atom stereocenters. The molecule has 0 radical (unpaired) electrons. The summed E-state index contributed by atoms with van der Waals surface area (Å²) in [6, 6.07) is 0. The lowest BCUT2D eigenvalue weighted by atomic mass is 10.2. The molecule has 0 heterocycles. The summed E-state index contributed by atoms with van der Waals surface area (Å²) in [6.07, 6.45) is 4.03. The molecule has 3 heteroatoms. The molecule has 0 aromatic heterocycles. The summed E-state index contributed by atoms with van der Waals surface area (Å²) in [5, 5.41) is 8.14. The van der Waals surface area contributed by atoms with Gasteiger partial charge >= 0.3 is 5.97 Å². The molecule has 0 saturated carbocycles. The second-order valence-corrected chi connectivity index (χ2v) is 4.08. The standard InChI is InChI=1S/C6H12O2.C6H14O/c1-2-3-4-5-6(7)8;1-5(2)7-6(3)4/h2-5H2,1H3,(H,7,8);5-6H,1-4H3. The molecule has 0 aromatic carbocycles.